The van der Waals surface area contributed by atoms with Crippen molar-refractivity contribution < 1.29 is 42.6 Å². The third-order valence-corrected chi connectivity index (χ3v) is 14.6. The van der Waals surface area contributed by atoms with Crippen LogP contribution in [0.2, 0.25) is 0 Å². The monoisotopic (exact) mass is 1010 g/mol. The third-order valence-electron chi connectivity index (χ3n) is 14.6. The Morgan fingerprint density at radius 1 is 0.421 bits per heavy atom. The van der Waals surface area contributed by atoms with Gasteiger partial charge in [0.05, 0.1) is 46.8 Å². The molecule has 1 spiro atoms. The highest BCUT2D eigenvalue weighted by Gasteiger charge is 2.55. The number of rotatable bonds is 2. The van der Waals surface area contributed by atoms with Gasteiger partial charge in [0.15, 0.2) is 0 Å². The molecule has 0 saturated heterocycles. The summed E-state index contributed by atoms with van der Waals surface area (Å²) < 4.78 is 55.4. The molecule has 0 atom stereocenters. The van der Waals surface area contributed by atoms with Crippen LogP contribution in [0, 0.1) is 10.8 Å². The van der Waals surface area contributed by atoms with E-state index in [9.17, 15) is 0 Å². The van der Waals surface area contributed by atoms with Gasteiger partial charge in [-0.3, -0.25) is 0 Å². The predicted octanol–water partition coefficient (Wildman–Crippen LogP) is 16.4. The zero-order valence-electron chi connectivity index (χ0n) is 44.2. The van der Waals surface area contributed by atoms with Crippen molar-refractivity contribution in [2.45, 2.75) is 52.4 Å². The molecule has 6 aliphatic heterocycles. The molecule has 0 unspecified atom stereocenters. The standard InChI is InChI=1S/C67H66O9/c1-65(2)43-66(3,4)45-67(44-65)60-14-10-9-13-55(60)62-58-41-57(47-11-7-6-8-12-47)61(68-5)42-59(58)64-56(63(62)67)32-17-46-15-18-50(19-16-46)74-51-24-20-48(21-25-51)72-39-37-70-35-33-69-34-36-71-38-40-73-49-22-26-52(27-23-49)75-53-28-30-54(76-64)31-29-53/h6-32,41-42H,33-40,43-45H2,1-5H3. The van der Waals surface area contributed by atoms with E-state index in [1.54, 1.807) is 7.11 Å². The van der Waals surface area contributed by atoms with Crippen LogP contribution in [0.4, 0.5) is 0 Å². The van der Waals surface area contributed by atoms with Crippen LogP contribution >= 0.6 is 0 Å². The fourth-order valence-corrected chi connectivity index (χ4v) is 12.3. The first-order chi connectivity index (χ1) is 37.0. The highest BCUT2D eigenvalue weighted by Crippen LogP contribution is 2.66. The largest absolute Gasteiger partial charge is 0.496 e. The molecule has 0 amide bonds. The van der Waals surface area contributed by atoms with E-state index in [-0.39, 0.29) is 16.2 Å². The average molecular weight is 1020 g/mol. The normalized spacial score (nSPS) is 17.3. The zero-order chi connectivity index (χ0) is 52.1. The van der Waals surface area contributed by atoms with Crippen molar-refractivity contribution in [2.75, 3.05) is 60.0 Å². The highest BCUT2D eigenvalue weighted by atomic mass is 16.6. The number of benzene rings is 8. The van der Waals surface area contributed by atoms with Gasteiger partial charge < -0.3 is 42.6 Å². The highest BCUT2D eigenvalue weighted by molar-refractivity contribution is 6.11. The summed E-state index contributed by atoms with van der Waals surface area (Å²) in [5, 5.41) is 2.08. The minimum absolute atomic E-state index is 0.0415. The summed E-state index contributed by atoms with van der Waals surface area (Å²) in [7, 11) is 1.75. The Hall–Kier alpha value is -7.56. The number of hydrogen-bond donors (Lipinski definition) is 0. The number of hydrogen-bond acceptors (Lipinski definition) is 9. The molecule has 388 valence electrons. The number of fused-ring (bicyclic) bond motifs is 9. The van der Waals surface area contributed by atoms with Crippen molar-refractivity contribution in [2.24, 2.45) is 10.8 Å². The molecule has 2 aliphatic carbocycles. The molecule has 8 bridgehead atoms. The predicted molar refractivity (Wildman–Crippen MR) is 302 cm³/mol. The Labute approximate surface area is 446 Å². The van der Waals surface area contributed by atoms with Crippen LogP contribution in [-0.2, 0) is 19.6 Å². The second-order valence-corrected chi connectivity index (χ2v) is 21.6. The average Bonchev–Trinajstić information content (AvgIpc) is 3.90. The molecule has 0 aromatic heterocycles. The lowest BCUT2D eigenvalue weighted by Crippen LogP contribution is -2.44. The molecule has 16 rings (SSSR count). The first kappa shape index (κ1) is 50.6. The van der Waals surface area contributed by atoms with Gasteiger partial charge >= 0.3 is 0 Å². The SMILES string of the molecule is COc1cc2c3c(c4c(c2cc1-c1ccccc1)-c1ccccc1C41CC(C)(C)CC(C)(C)C1)C=Cc1ccc(cc1)Oc1ccc(cc1)OCCOCCOCCOCCOc1ccc(cc1)Oc1ccc(cc1)O3. The molecule has 8 aromatic carbocycles. The second-order valence-electron chi connectivity index (χ2n) is 21.6. The third kappa shape index (κ3) is 11.1. The molecular weight excluding hydrogens is 949 g/mol. The van der Waals surface area contributed by atoms with Gasteiger partial charge in [0.25, 0.3) is 0 Å². The Balaban J connectivity index is 1.04. The van der Waals surface area contributed by atoms with E-state index in [2.05, 4.69) is 119 Å². The molecule has 1 saturated carbocycles. The summed E-state index contributed by atoms with van der Waals surface area (Å²) in [6.45, 7) is 13.4. The van der Waals surface area contributed by atoms with Gasteiger partial charge in [0.2, 0.25) is 0 Å². The van der Waals surface area contributed by atoms with Crippen molar-refractivity contribution >= 4 is 22.9 Å². The van der Waals surface area contributed by atoms with E-state index in [0.717, 1.165) is 81.0 Å². The first-order valence-corrected chi connectivity index (χ1v) is 26.5. The molecule has 0 radical (unpaired) electrons. The van der Waals surface area contributed by atoms with E-state index in [1.807, 2.05) is 84.9 Å². The van der Waals surface area contributed by atoms with Gasteiger partial charge in [0.1, 0.15) is 65.0 Å². The van der Waals surface area contributed by atoms with Crippen LogP contribution in [0.1, 0.15) is 69.2 Å². The first-order valence-electron chi connectivity index (χ1n) is 26.5. The Morgan fingerprint density at radius 3 is 1.43 bits per heavy atom. The molecule has 8 aliphatic rings. The number of methoxy groups -OCH3 is 1. The maximum Gasteiger partial charge on any atom is 0.142 e. The zero-order valence-corrected chi connectivity index (χ0v) is 44.2. The lowest BCUT2D eigenvalue weighted by Gasteiger charge is -2.52. The molecule has 8 aromatic rings. The van der Waals surface area contributed by atoms with Crippen molar-refractivity contribution in [3.8, 4) is 74.0 Å². The van der Waals surface area contributed by atoms with E-state index in [4.69, 9.17) is 42.6 Å². The maximum atomic E-state index is 7.40. The van der Waals surface area contributed by atoms with Crippen LogP contribution in [0.3, 0.4) is 0 Å². The van der Waals surface area contributed by atoms with Crippen molar-refractivity contribution in [1.29, 1.82) is 0 Å². The van der Waals surface area contributed by atoms with E-state index < -0.39 is 0 Å². The molecule has 9 heteroatoms. The van der Waals surface area contributed by atoms with E-state index in [0.29, 0.717) is 75.9 Å². The Morgan fingerprint density at radius 2 is 0.895 bits per heavy atom. The van der Waals surface area contributed by atoms with Gasteiger partial charge in [-0.25, -0.2) is 0 Å². The van der Waals surface area contributed by atoms with Crippen LogP contribution < -0.4 is 28.4 Å². The summed E-state index contributed by atoms with van der Waals surface area (Å²) in [4.78, 5) is 0. The minimum Gasteiger partial charge on any atom is -0.496 e. The van der Waals surface area contributed by atoms with E-state index >= 15 is 0 Å². The smallest absolute Gasteiger partial charge is 0.142 e. The van der Waals surface area contributed by atoms with Gasteiger partial charge in [-0.05, 0) is 166 Å². The minimum atomic E-state index is -0.323. The van der Waals surface area contributed by atoms with Crippen molar-refractivity contribution in [3.05, 3.63) is 186 Å². The van der Waals surface area contributed by atoms with E-state index in [1.165, 1.54) is 22.3 Å². The van der Waals surface area contributed by atoms with Crippen LogP contribution in [0.15, 0.2) is 164 Å². The molecular formula is C67H66O9. The summed E-state index contributed by atoms with van der Waals surface area (Å²) >= 11 is 0. The van der Waals surface area contributed by atoms with Crippen molar-refractivity contribution in [1.82, 2.24) is 0 Å². The van der Waals surface area contributed by atoms with Gasteiger partial charge in [0, 0.05) is 21.9 Å². The van der Waals surface area contributed by atoms with Crippen molar-refractivity contribution in [3.63, 3.8) is 0 Å². The summed E-state index contributed by atoms with van der Waals surface area (Å²) in [5.41, 5.74) is 9.15. The van der Waals surface area contributed by atoms with Gasteiger partial charge in [-0.15, -0.1) is 0 Å². The van der Waals surface area contributed by atoms with Gasteiger partial charge in [-0.2, -0.15) is 0 Å². The summed E-state index contributed by atoms with van der Waals surface area (Å²) in [6, 6.07) is 55.6. The number of ether oxygens (including phenoxy) is 9. The fraction of sp³-hybridized carbons (Fsp3) is 0.284. The molecule has 0 N–H and O–H groups in total. The van der Waals surface area contributed by atoms with Crippen LogP contribution in [0.25, 0.3) is 45.2 Å². The topological polar surface area (TPSA) is 83.1 Å². The molecule has 9 nitrogen and oxygen atoms in total. The fourth-order valence-electron chi connectivity index (χ4n) is 12.3. The summed E-state index contributed by atoms with van der Waals surface area (Å²) in [6.07, 6.45) is 7.59. The Kier molecular flexibility index (Phi) is 14.6. The molecule has 6 heterocycles. The van der Waals surface area contributed by atoms with Crippen LogP contribution in [-0.4, -0.2) is 60.0 Å². The van der Waals surface area contributed by atoms with Gasteiger partial charge in [-0.1, -0.05) is 107 Å². The molecule has 1 fully saturated rings. The Bertz CT molecular complexity index is 3290. The lowest BCUT2D eigenvalue weighted by atomic mass is 9.52. The summed E-state index contributed by atoms with van der Waals surface area (Å²) in [5.74, 6) is 6.49. The van der Waals surface area contributed by atoms with Crippen LogP contribution in [0.5, 0.6) is 51.7 Å². The quantitative estimate of drug-likeness (QED) is 0.168. The lowest BCUT2D eigenvalue weighted by molar-refractivity contribution is 0.00499. The second kappa shape index (κ2) is 22.0. The maximum absolute atomic E-state index is 7.40. The molecule has 76 heavy (non-hydrogen) atoms.